The van der Waals surface area contributed by atoms with Crippen molar-refractivity contribution in [3.63, 3.8) is 0 Å². The number of rotatable bonds is 3. The molecule has 0 bridgehead atoms. The van der Waals surface area contributed by atoms with E-state index in [1.54, 1.807) is 5.57 Å². The monoisotopic (exact) mass is 126 g/mol. The van der Waals surface area contributed by atoms with Crippen LogP contribution in [-0.2, 0) is 0 Å². The van der Waals surface area contributed by atoms with Gasteiger partial charge in [0.15, 0.2) is 0 Å². The molecule has 0 radical (unpaired) electrons. The molecule has 0 heterocycles. The van der Waals surface area contributed by atoms with Gasteiger partial charge in [0.1, 0.15) is 0 Å². The molecule has 0 rings (SSSR count). The highest BCUT2D eigenvalue weighted by atomic mass is 14.1. The van der Waals surface area contributed by atoms with E-state index in [0.717, 1.165) is 5.92 Å². The van der Waals surface area contributed by atoms with Crippen LogP contribution in [0.4, 0.5) is 0 Å². The van der Waals surface area contributed by atoms with Crippen molar-refractivity contribution in [2.45, 2.75) is 40.5 Å². The van der Waals surface area contributed by atoms with Gasteiger partial charge in [-0.3, -0.25) is 0 Å². The summed E-state index contributed by atoms with van der Waals surface area (Å²) in [4.78, 5) is 0. The molecule has 0 aliphatic heterocycles. The normalized spacial score (nSPS) is 15.8. The first-order valence-corrected chi connectivity index (χ1v) is 3.91. The Morgan fingerprint density at radius 1 is 1.44 bits per heavy atom. The van der Waals surface area contributed by atoms with Crippen molar-refractivity contribution in [1.82, 2.24) is 0 Å². The summed E-state index contributed by atoms with van der Waals surface area (Å²) in [6, 6.07) is 0. The van der Waals surface area contributed by atoms with Crippen molar-refractivity contribution in [1.29, 1.82) is 0 Å². The van der Waals surface area contributed by atoms with Gasteiger partial charge in [-0.1, -0.05) is 32.4 Å². The molecule has 0 amide bonds. The van der Waals surface area contributed by atoms with E-state index in [2.05, 4.69) is 33.8 Å². The summed E-state index contributed by atoms with van der Waals surface area (Å²) in [6.45, 7) is 8.88. The summed E-state index contributed by atoms with van der Waals surface area (Å²) in [5.41, 5.74) is 1.59. The maximum Gasteiger partial charge on any atom is -0.0235 e. The topological polar surface area (TPSA) is 0 Å². The Morgan fingerprint density at radius 3 is 2.11 bits per heavy atom. The fraction of sp³-hybridized carbons (Fsp3) is 0.778. The summed E-state index contributed by atoms with van der Waals surface area (Å²) in [6.07, 6.45) is 4.73. The summed E-state index contributed by atoms with van der Waals surface area (Å²) in [7, 11) is 0. The Balaban J connectivity index is 3.80. The predicted molar refractivity (Wildman–Crippen MR) is 43.5 cm³/mol. The van der Waals surface area contributed by atoms with E-state index in [9.17, 15) is 0 Å². The molecule has 0 saturated heterocycles. The van der Waals surface area contributed by atoms with Crippen molar-refractivity contribution >= 4 is 0 Å². The van der Waals surface area contributed by atoms with Crippen molar-refractivity contribution in [3.8, 4) is 0 Å². The molecule has 0 aromatic heterocycles. The van der Waals surface area contributed by atoms with Gasteiger partial charge >= 0.3 is 0 Å². The second-order valence-corrected chi connectivity index (χ2v) is 2.53. The van der Waals surface area contributed by atoms with Gasteiger partial charge < -0.3 is 0 Å². The maximum atomic E-state index is 2.29. The highest BCUT2D eigenvalue weighted by Crippen LogP contribution is 2.16. The quantitative estimate of drug-likeness (QED) is 0.508. The first-order valence-electron chi connectivity index (χ1n) is 3.91. The van der Waals surface area contributed by atoms with Crippen molar-refractivity contribution in [3.05, 3.63) is 11.6 Å². The average Bonchev–Trinajstić information content (AvgIpc) is 1.90. The lowest BCUT2D eigenvalue weighted by atomic mass is 9.96. The van der Waals surface area contributed by atoms with Gasteiger partial charge in [0, 0.05) is 0 Å². The van der Waals surface area contributed by atoms with Gasteiger partial charge in [0.05, 0.1) is 0 Å². The Morgan fingerprint density at radius 2 is 2.00 bits per heavy atom. The smallest absolute Gasteiger partial charge is 0.0235 e. The van der Waals surface area contributed by atoms with Gasteiger partial charge in [-0.15, -0.1) is 0 Å². The van der Waals surface area contributed by atoms with Crippen LogP contribution in [0.5, 0.6) is 0 Å². The molecule has 9 heavy (non-hydrogen) atoms. The van der Waals surface area contributed by atoms with E-state index >= 15 is 0 Å². The molecule has 0 aliphatic rings. The van der Waals surface area contributed by atoms with Crippen LogP contribution in [0, 0.1) is 5.92 Å². The first-order chi connectivity index (χ1) is 4.26. The van der Waals surface area contributed by atoms with Crippen LogP contribution in [-0.4, -0.2) is 0 Å². The molecule has 0 aromatic rings. The zero-order valence-corrected chi connectivity index (χ0v) is 7.07. The zero-order valence-electron chi connectivity index (χ0n) is 7.07. The Kier molecular flexibility index (Phi) is 4.47. The van der Waals surface area contributed by atoms with Crippen LogP contribution >= 0.6 is 0 Å². The van der Waals surface area contributed by atoms with Crippen LogP contribution in [0.3, 0.4) is 0 Å². The lowest BCUT2D eigenvalue weighted by molar-refractivity contribution is 0.632. The molecule has 0 spiro atoms. The molecule has 54 valence electrons. The van der Waals surface area contributed by atoms with E-state index in [1.165, 1.54) is 12.8 Å². The molecule has 0 heteroatoms. The summed E-state index contributed by atoms with van der Waals surface area (Å²) in [5.74, 6) is 0.792. The van der Waals surface area contributed by atoms with E-state index in [4.69, 9.17) is 0 Å². The van der Waals surface area contributed by atoms with Crippen molar-refractivity contribution in [2.75, 3.05) is 0 Å². The Labute approximate surface area is 59.0 Å². The SMILES string of the molecule is CC=C(CC)C(C)CC. The molecule has 1 atom stereocenters. The molecule has 0 nitrogen and oxygen atoms in total. The molecular weight excluding hydrogens is 108 g/mol. The van der Waals surface area contributed by atoms with Gasteiger partial charge in [0.2, 0.25) is 0 Å². The Bertz CT molecular complexity index is 90.2. The summed E-state index contributed by atoms with van der Waals surface area (Å²) in [5, 5.41) is 0. The summed E-state index contributed by atoms with van der Waals surface area (Å²) >= 11 is 0. The standard InChI is InChI=1S/C9H18/c1-5-8(4)9(6-2)7-3/h6,8H,5,7H2,1-4H3. The highest BCUT2D eigenvalue weighted by molar-refractivity contribution is 5.02. The molecular formula is C9H18. The van der Waals surface area contributed by atoms with E-state index in [1.807, 2.05) is 0 Å². The molecule has 0 aliphatic carbocycles. The lowest BCUT2D eigenvalue weighted by Crippen LogP contribution is -1.95. The molecule has 0 N–H and O–H groups in total. The van der Waals surface area contributed by atoms with E-state index < -0.39 is 0 Å². The van der Waals surface area contributed by atoms with Gasteiger partial charge in [0.25, 0.3) is 0 Å². The highest BCUT2D eigenvalue weighted by Gasteiger charge is 2.00. The predicted octanol–water partition coefficient (Wildman–Crippen LogP) is 3.39. The third-order valence-electron chi connectivity index (χ3n) is 2.02. The zero-order chi connectivity index (χ0) is 7.28. The van der Waals surface area contributed by atoms with Gasteiger partial charge in [-0.2, -0.15) is 0 Å². The van der Waals surface area contributed by atoms with Crippen LogP contribution < -0.4 is 0 Å². The minimum absolute atomic E-state index is 0.792. The maximum absolute atomic E-state index is 2.29. The number of hydrogen-bond acceptors (Lipinski definition) is 0. The molecule has 0 saturated carbocycles. The second-order valence-electron chi connectivity index (χ2n) is 2.53. The second kappa shape index (κ2) is 4.60. The van der Waals surface area contributed by atoms with Crippen molar-refractivity contribution < 1.29 is 0 Å². The summed E-state index contributed by atoms with van der Waals surface area (Å²) < 4.78 is 0. The van der Waals surface area contributed by atoms with Crippen LogP contribution in [0.2, 0.25) is 0 Å². The third kappa shape index (κ3) is 2.69. The molecule has 1 unspecified atom stereocenters. The first kappa shape index (κ1) is 8.74. The molecule has 0 aromatic carbocycles. The molecule has 0 fully saturated rings. The van der Waals surface area contributed by atoms with E-state index in [-0.39, 0.29) is 0 Å². The third-order valence-corrected chi connectivity index (χ3v) is 2.02. The average molecular weight is 126 g/mol. The van der Waals surface area contributed by atoms with E-state index in [0.29, 0.717) is 0 Å². The van der Waals surface area contributed by atoms with Crippen LogP contribution in [0.1, 0.15) is 40.5 Å². The van der Waals surface area contributed by atoms with Gasteiger partial charge in [-0.05, 0) is 25.7 Å². The minimum atomic E-state index is 0.792. The van der Waals surface area contributed by atoms with Crippen molar-refractivity contribution in [2.24, 2.45) is 5.92 Å². The fourth-order valence-electron chi connectivity index (χ4n) is 1.10. The minimum Gasteiger partial charge on any atom is -0.0882 e. The van der Waals surface area contributed by atoms with Crippen LogP contribution in [0.25, 0.3) is 0 Å². The van der Waals surface area contributed by atoms with Gasteiger partial charge in [-0.25, -0.2) is 0 Å². The number of hydrogen-bond donors (Lipinski definition) is 0. The fourth-order valence-corrected chi connectivity index (χ4v) is 1.10. The Hall–Kier alpha value is -0.260. The lowest BCUT2D eigenvalue weighted by Gasteiger charge is -2.10. The van der Waals surface area contributed by atoms with Crippen LogP contribution in [0.15, 0.2) is 11.6 Å². The largest absolute Gasteiger partial charge is 0.0882 e. The number of allylic oxidation sites excluding steroid dienone is 2.